The number of carbonyl (C=O) groups excluding carboxylic acids is 2. The highest BCUT2D eigenvalue weighted by molar-refractivity contribution is 5.94. The predicted octanol–water partition coefficient (Wildman–Crippen LogP) is 3.28. The molecule has 126 valence electrons. The number of hydrogen-bond acceptors (Lipinski definition) is 3. The summed E-state index contributed by atoms with van der Waals surface area (Å²) in [4.78, 5) is 26.0. The second-order valence-corrected chi connectivity index (χ2v) is 5.61. The molecular weight excluding hydrogens is 309 g/mol. The van der Waals surface area contributed by atoms with Gasteiger partial charge in [0.15, 0.2) is 0 Å². The summed E-state index contributed by atoms with van der Waals surface area (Å²) >= 11 is 0. The molecule has 0 radical (unpaired) electrons. The van der Waals surface area contributed by atoms with Crippen molar-refractivity contribution >= 4 is 11.9 Å². The SMILES string of the molecule is COC(=O)C(C)CN(Cc1ccccc1)C(=O)c1cccc(F)c1. The van der Waals surface area contributed by atoms with Crippen LogP contribution in [0, 0.1) is 11.7 Å². The largest absolute Gasteiger partial charge is 0.469 e. The maximum absolute atomic E-state index is 13.4. The Morgan fingerprint density at radius 3 is 2.46 bits per heavy atom. The molecule has 0 aliphatic rings. The van der Waals surface area contributed by atoms with Gasteiger partial charge in [-0.3, -0.25) is 9.59 Å². The van der Waals surface area contributed by atoms with E-state index in [2.05, 4.69) is 0 Å². The van der Waals surface area contributed by atoms with Crippen LogP contribution in [0.3, 0.4) is 0 Å². The molecule has 0 aliphatic heterocycles. The lowest BCUT2D eigenvalue weighted by Gasteiger charge is -2.25. The smallest absolute Gasteiger partial charge is 0.310 e. The van der Waals surface area contributed by atoms with E-state index in [4.69, 9.17) is 4.74 Å². The van der Waals surface area contributed by atoms with Crippen LogP contribution < -0.4 is 0 Å². The fraction of sp³-hybridized carbons (Fsp3) is 0.263. The number of rotatable bonds is 6. The summed E-state index contributed by atoms with van der Waals surface area (Å²) in [5, 5.41) is 0. The van der Waals surface area contributed by atoms with E-state index in [0.717, 1.165) is 5.56 Å². The molecule has 0 heterocycles. The number of nitrogens with zero attached hydrogens (tertiary/aromatic N) is 1. The van der Waals surface area contributed by atoms with E-state index in [-0.39, 0.29) is 24.0 Å². The summed E-state index contributed by atoms with van der Waals surface area (Å²) in [6.45, 7) is 2.22. The first-order valence-electron chi connectivity index (χ1n) is 7.68. The standard InChI is InChI=1S/C19H20FNO3/c1-14(19(23)24-2)12-21(13-15-7-4-3-5-8-15)18(22)16-9-6-10-17(20)11-16/h3-11,14H,12-13H2,1-2H3. The van der Waals surface area contributed by atoms with Crippen LogP contribution >= 0.6 is 0 Å². The molecule has 5 heteroatoms. The number of halogens is 1. The first-order valence-corrected chi connectivity index (χ1v) is 7.68. The maximum Gasteiger partial charge on any atom is 0.310 e. The van der Waals surface area contributed by atoms with Crippen molar-refractivity contribution in [3.05, 3.63) is 71.5 Å². The van der Waals surface area contributed by atoms with E-state index in [1.807, 2.05) is 30.3 Å². The number of esters is 1. The van der Waals surface area contributed by atoms with Gasteiger partial charge in [0.1, 0.15) is 5.82 Å². The Bertz CT molecular complexity index is 703. The van der Waals surface area contributed by atoms with Crippen LogP contribution in [0.25, 0.3) is 0 Å². The third kappa shape index (κ3) is 4.65. The number of benzene rings is 2. The number of ether oxygens (including phenoxy) is 1. The van der Waals surface area contributed by atoms with Gasteiger partial charge in [0, 0.05) is 18.7 Å². The van der Waals surface area contributed by atoms with Crippen molar-refractivity contribution in [1.29, 1.82) is 0 Å². The van der Waals surface area contributed by atoms with Crippen LogP contribution in [0.2, 0.25) is 0 Å². The van der Waals surface area contributed by atoms with Crippen molar-refractivity contribution in [2.75, 3.05) is 13.7 Å². The minimum Gasteiger partial charge on any atom is -0.469 e. The van der Waals surface area contributed by atoms with Gasteiger partial charge in [-0.2, -0.15) is 0 Å². The molecule has 0 N–H and O–H groups in total. The lowest BCUT2D eigenvalue weighted by atomic mass is 10.1. The Labute approximate surface area is 140 Å². The summed E-state index contributed by atoms with van der Waals surface area (Å²) < 4.78 is 18.1. The number of carbonyl (C=O) groups is 2. The highest BCUT2D eigenvalue weighted by Gasteiger charge is 2.23. The van der Waals surface area contributed by atoms with E-state index in [9.17, 15) is 14.0 Å². The summed E-state index contributed by atoms with van der Waals surface area (Å²) in [7, 11) is 1.31. The molecule has 2 rings (SSSR count). The van der Waals surface area contributed by atoms with Crippen molar-refractivity contribution < 1.29 is 18.7 Å². The van der Waals surface area contributed by atoms with Gasteiger partial charge in [-0.1, -0.05) is 43.3 Å². The van der Waals surface area contributed by atoms with Gasteiger partial charge in [-0.05, 0) is 23.8 Å². The van der Waals surface area contributed by atoms with Crippen LogP contribution in [0.4, 0.5) is 4.39 Å². The first kappa shape index (κ1) is 17.7. The number of hydrogen-bond donors (Lipinski definition) is 0. The fourth-order valence-corrected chi connectivity index (χ4v) is 2.43. The minimum atomic E-state index is -0.476. The molecular formula is C19H20FNO3. The summed E-state index contributed by atoms with van der Waals surface area (Å²) in [5.41, 5.74) is 1.18. The maximum atomic E-state index is 13.4. The first-order chi connectivity index (χ1) is 11.5. The molecule has 2 aromatic rings. The Kier molecular flexibility index (Phi) is 6.07. The van der Waals surface area contributed by atoms with Crippen LogP contribution in [-0.2, 0) is 16.1 Å². The summed E-state index contributed by atoms with van der Waals surface area (Å²) in [6.07, 6.45) is 0. The van der Waals surface area contributed by atoms with Gasteiger partial charge in [-0.25, -0.2) is 4.39 Å². The summed E-state index contributed by atoms with van der Waals surface area (Å²) in [6, 6.07) is 15.0. The molecule has 2 aromatic carbocycles. The quantitative estimate of drug-likeness (QED) is 0.764. The molecule has 0 aliphatic carbocycles. The number of methoxy groups -OCH3 is 1. The van der Waals surface area contributed by atoms with Crippen LogP contribution in [0.15, 0.2) is 54.6 Å². The number of amides is 1. The molecule has 1 unspecified atom stereocenters. The van der Waals surface area contributed by atoms with Crippen LogP contribution in [0.5, 0.6) is 0 Å². The highest BCUT2D eigenvalue weighted by atomic mass is 19.1. The van der Waals surface area contributed by atoms with Crippen molar-refractivity contribution in [3.8, 4) is 0 Å². The molecule has 4 nitrogen and oxygen atoms in total. The second kappa shape index (κ2) is 8.24. The van der Waals surface area contributed by atoms with Crippen molar-refractivity contribution in [1.82, 2.24) is 4.90 Å². The Morgan fingerprint density at radius 2 is 1.83 bits per heavy atom. The lowest BCUT2D eigenvalue weighted by Crippen LogP contribution is -2.36. The monoisotopic (exact) mass is 329 g/mol. The lowest BCUT2D eigenvalue weighted by molar-refractivity contribution is -0.145. The zero-order valence-electron chi connectivity index (χ0n) is 13.7. The molecule has 0 bridgehead atoms. The fourth-order valence-electron chi connectivity index (χ4n) is 2.43. The third-order valence-electron chi connectivity index (χ3n) is 3.67. The normalized spacial score (nSPS) is 11.6. The van der Waals surface area contributed by atoms with Gasteiger partial charge in [0.05, 0.1) is 13.0 Å². The minimum absolute atomic E-state index is 0.191. The van der Waals surface area contributed by atoms with E-state index >= 15 is 0 Å². The molecule has 1 atom stereocenters. The van der Waals surface area contributed by atoms with Crippen molar-refractivity contribution in [3.63, 3.8) is 0 Å². The topological polar surface area (TPSA) is 46.6 Å². The average Bonchev–Trinajstić information content (AvgIpc) is 2.60. The van der Waals surface area contributed by atoms with Gasteiger partial charge < -0.3 is 9.64 Å². The molecule has 0 aromatic heterocycles. The molecule has 1 amide bonds. The van der Waals surface area contributed by atoms with E-state index in [1.165, 1.54) is 30.2 Å². The highest BCUT2D eigenvalue weighted by Crippen LogP contribution is 2.14. The van der Waals surface area contributed by atoms with E-state index in [1.54, 1.807) is 13.0 Å². The Morgan fingerprint density at radius 1 is 1.12 bits per heavy atom. The molecule has 0 saturated heterocycles. The van der Waals surface area contributed by atoms with Crippen LogP contribution in [-0.4, -0.2) is 30.4 Å². The van der Waals surface area contributed by atoms with Gasteiger partial charge in [-0.15, -0.1) is 0 Å². The van der Waals surface area contributed by atoms with E-state index in [0.29, 0.717) is 6.54 Å². The zero-order chi connectivity index (χ0) is 17.5. The molecule has 0 spiro atoms. The second-order valence-electron chi connectivity index (χ2n) is 5.61. The predicted molar refractivity (Wildman–Crippen MR) is 88.8 cm³/mol. The van der Waals surface area contributed by atoms with Gasteiger partial charge in [0.25, 0.3) is 5.91 Å². The molecule has 0 saturated carbocycles. The zero-order valence-corrected chi connectivity index (χ0v) is 13.7. The van der Waals surface area contributed by atoms with E-state index < -0.39 is 11.7 Å². The third-order valence-corrected chi connectivity index (χ3v) is 3.67. The molecule has 0 fully saturated rings. The Hall–Kier alpha value is -2.69. The van der Waals surface area contributed by atoms with Crippen LogP contribution in [0.1, 0.15) is 22.8 Å². The van der Waals surface area contributed by atoms with Gasteiger partial charge in [0.2, 0.25) is 0 Å². The van der Waals surface area contributed by atoms with Gasteiger partial charge >= 0.3 is 5.97 Å². The van der Waals surface area contributed by atoms with Crippen molar-refractivity contribution in [2.45, 2.75) is 13.5 Å². The average molecular weight is 329 g/mol. The molecule has 24 heavy (non-hydrogen) atoms. The van der Waals surface area contributed by atoms with Crippen molar-refractivity contribution in [2.24, 2.45) is 5.92 Å². The summed E-state index contributed by atoms with van der Waals surface area (Å²) in [5.74, 6) is -1.66. The Balaban J connectivity index is 2.24.